The van der Waals surface area contributed by atoms with Crippen molar-refractivity contribution in [2.45, 2.75) is 57.8 Å². The van der Waals surface area contributed by atoms with E-state index in [-0.39, 0.29) is 21.6 Å². The highest BCUT2D eigenvalue weighted by atomic mass is 32.2. The molecule has 2 aromatic rings. The van der Waals surface area contributed by atoms with Crippen LogP contribution in [-0.4, -0.2) is 37.6 Å². The number of carboxylic acids is 1. The van der Waals surface area contributed by atoms with E-state index in [1.165, 1.54) is 12.3 Å². The quantitative estimate of drug-likeness (QED) is 0.604. The van der Waals surface area contributed by atoms with Crippen molar-refractivity contribution in [3.05, 3.63) is 47.7 Å². The third-order valence-corrected chi connectivity index (χ3v) is 6.06. The fourth-order valence-electron chi connectivity index (χ4n) is 3.13. The monoisotopic (exact) mass is 433 g/mol. The molecular weight excluding hydrogens is 402 g/mol. The number of pyridine rings is 1. The first kappa shape index (κ1) is 23.7. The van der Waals surface area contributed by atoms with E-state index in [2.05, 4.69) is 30.5 Å². The van der Waals surface area contributed by atoms with Gasteiger partial charge < -0.3 is 10.0 Å². The summed E-state index contributed by atoms with van der Waals surface area (Å²) in [6, 6.07) is 7.99. The van der Waals surface area contributed by atoms with Gasteiger partial charge in [0.2, 0.25) is 0 Å². The number of aromatic nitrogens is 1. The first-order valence-electron chi connectivity index (χ1n) is 10.1. The summed E-state index contributed by atoms with van der Waals surface area (Å²) in [4.78, 5) is 18.1. The molecule has 1 aromatic heterocycles. The molecule has 2 N–H and O–H groups in total. The van der Waals surface area contributed by atoms with Crippen LogP contribution in [0.2, 0.25) is 0 Å². The Balaban J connectivity index is 2.35. The summed E-state index contributed by atoms with van der Waals surface area (Å²) in [6.07, 6.45) is 3.06. The Morgan fingerprint density at radius 2 is 1.67 bits per heavy atom. The van der Waals surface area contributed by atoms with Crippen molar-refractivity contribution in [3.8, 4) is 0 Å². The van der Waals surface area contributed by atoms with Crippen LogP contribution in [0.3, 0.4) is 0 Å². The Morgan fingerprint density at radius 3 is 2.13 bits per heavy atom. The summed E-state index contributed by atoms with van der Waals surface area (Å²) in [5.74, 6) is -0.797. The normalized spacial score (nSPS) is 11.9. The molecule has 0 fully saturated rings. The highest BCUT2D eigenvalue weighted by molar-refractivity contribution is 7.92. The molecule has 2 rings (SSSR count). The highest BCUT2D eigenvalue weighted by Gasteiger charge is 2.21. The minimum atomic E-state index is -3.87. The second-order valence-electron chi connectivity index (χ2n) is 8.27. The lowest BCUT2D eigenvalue weighted by molar-refractivity contribution is 0.0697. The molecule has 0 spiro atoms. The van der Waals surface area contributed by atoms with Gasteiger partial charge in [-0.2, -0.15) is 0 Å². The largest absolute Gasteiger partial charge is 0.478 e. The number of rotatable bonds is 9. The van der Waals surface area contributed by atoms with Gasteiger partial charge in [-0.25, -0.2) is 18.2 Å². The molecule has 0 amide bonds. The van der Waals surface area contributed by atoms with Gasteiger partial charge in [-0.15, -0.1) is 0 Å². The SMILES string of the molecule is CCCN(CCC)c1ncc(NS(=O)(=O)c2ccc(C(C)(C)C)cc2)cc1C(=O)O. The van der Waals surface area contributed by atoms with E-state index in [1.54, 1.807) is 24.3 Å². The highest BCUT2D eigenvalue weighted by Crippen LogP contribution is 2.26. The van der Waals surface area contributed by atoms with Gasteiger partial charge in [0, 0.05) is 13.1 Å². The van der Waals surface area contributed by atoms with Gasteiger partial charge in [0.1, 0.15) is 11.4 Å². The number of aromatic carboxylic acids is 1. The van der Waals surface area contributed by atoms with Gasteiger partial charge in [0.25, 0.3) is 10.0 Å². The molecule has 0 radical (unpaired) electrons. The summed E-state index contributed by atoms with van der Waals surface area (Å²) in [6.45, 7) is 11.5. The van der Waals surface area contributed by atoms with Crippen molar-refractivity contribution in [2.75, 3.05) is 22.7 Å². The molecule has 0 atom stereocenters. The summed E-state index contributed by atoms with van der Waals surface area (Å²) in [5.41, 5.74) is 1.02. The maximum atomic E-state index is 12.8. The molecule has 30 heavy (non-hydrogen) atoms. The molecule has 1 aromatic carbocycles. The predicted octanol–water partition coefficient (Wildman–Crippen LogP) is 4.50. The molecule has 1 heterocycles. The van der Waals surface area contributed by atoms with Crippen LogP contribution in [0.1, 0.15) is 63.4 Å². The minimum Gasteiger partial charge on any atom is -0.478 e. The molecule has 0 aliphatic carbocycles. The Labute approximate surface area is 179 Å². The number of nitrogens with one attached hydrogen (secondary N) is 1. The lowest BCUT2D eigenvalue weighted by Gasteiger charge is -2.24. The number of nitrogens with zero attached hydrogens (tertiary/aromatic N) is 2. The summed E-state index contributed by atoms with van der Waals surface area (Å²) < 4.78 is 28.0. The van der Waals surface area contributed by atoms with E-state index >= 15 is 0 Å². The molecule has 7 nitrogen and oxygen atoms in total. The van der Waals surface area contributed by atoms with Crippen LogP contribution < -0.4 is 9.62 Å². The third-order valence-electron chi connectivity index (χ3n) is 4.67. The predicted molar refractivity (Wildman–Crippen MR) is 120 cm³/mol. The molecular formula is C22H31N3O4S. The van der Waals surface area contributed by atoms with Gasteiger partial charge >= 0.3 is 5.97 Å². The Hall–Kier alpha value is -2.61. The van der Waals surface area contributed by atoms with Crippen molar-refractivity contribution in [1.29, 1.82) is 0 Å². The number of hydrogen-bond acceptors (Lipinski definition) is 5. The first-order chi connectivity index (χ1) is 14.0. The van der Waals surface area contributed by atoms with Crippen LogP contribution in [0.15, 0.2) is 41.4 Å². The minimum absolute atomic E-state index is 0.0276. The maximum Gasteiger partial charge on any atom is 0.339 e. The van der Waals surface area contributed by atoms with Crippen molar-refractivity contribution in [2.24, 2.45) is 0 Å². The summed E-state index contributed by atoms with van der Waals surface area (Å²) >= 11 is 0. The molecule has 0 saturated carbocycles. The average Bonchev–Trinajstić information content (AvgIpc) is 2.67. The standard InChI is InChI=1S/C22H31N3O4S/c1-6-12-25(13-7-2)20-19(21(26)27)14-17(15-23-20)24-30(28,29)18-10-8-16(9-11-18)22(3,4)5/h8-11,14-15,24H,6-7,12-13H2,1-5H3,(H,26,27). The number of carboxylic acid groups (broad SMARTS) is 1. The van der Waals surface area contributed by atoms with Crippen molar-refractivity contribution in [1.82, 2.24) is 4.98 Å². The van der Waals surface area contributed by atoms with Crippen LogP contribution in [0.25, 0.3) is 0 Å². The van der Waals surface area contributed by atoms with E-state index in [1.807, 2.05) is 18.7 Å². The topological polar surface area (TPSA) is 99.6 Å². The average molecular weight is 434 g/mol. The lowest BCUT2D eigenvalue weighted by Crippen LogP contribution is -2.28. The molecule has 0 aliphatic heterocycles. The van der Waals surface area contributed by atoms with Crippen molar-refractivity contribution < 1.29 is 18.3 Å². The van der Waals surface area contributed by atoms with E-state index in [0.717, 1.165) is 18.4 Å². The van der Waals surface area contributed by atoms with Crippen molar-refractivity contribution in [3.63, 3.8) is 0 Å². The number of benzene rings is 1. The van der Waals surface area contributed by atoms with E-state index in [9.17, 15) is 18.3 Å². The molecule has 164 valence electrons. The zero-order valence-corrected chi connectivity index (χ0v) is 19.1. The fourth-order valence-corrected chi connectivity index (χ4v) is 4.17. The Morgan fingerprint density at radius 1 is 1.10 bits per heavy atom. The fraction of sp³-hybridized carbons (Fsp3) is 0.455. The Bertz CT molecular complexity index is 974. The van der Waals surface area contributed by atoms with E-state index in [0.29, 0.717) is 18.9 Å². The van der Waals surface area contributed by atoms with Gasteiger partial charge in [-0.3, -0.25) is 4.72 Å². The number of carbonyl (C=O) groups is 1. The number of hydrogen-bond donors (Lipinski definition) is 2. The molecule has 8 heteroatoms. The lowest BCUT2D eigenvalue weighted by atomic mass is 9.87. The van der Waals surface area contributed by atoms with Gasteiger partial charge in [0.15, 0.2) is 0 Å². The van der Waals surface area contributed by atoms with Crippen LogP contribution in [-0.2, 0) is 15.4 Å². The summed E-state index contributed by atoms with van der Waals surface area (Å²) in [7, 11) is -3.87. The van der Waals surface area contributed by atoms with E-state index < -0.39 is 16.0 Å². The van der Waals surface area contributed by atoms with Crippen LogP contribution >= 0.6 is 0 Å². The van der Waals surface area contributed by atoms with Crippen LogP contribution in [0, 0.1) is 0 Å². The third kappa shape index (κ3) is 5.72. The molecule has 0 unspecified atom stereocenters. The van der Waals surface area contributed by atoms with Crippen LogP contribution in [0.4, 0.5) is 11.5 Å². The molecule has 0 aliphatic rings. The smallest absolute Gasteiger partial charge is 0.339 e. The second kappa shape index (κ2) is 9.47. The van der Waals surface area contributed by atoms with Gasteiger partial charge in [0.05, 0.1) is 16.8 Å². The van der Waals surface area contributed by atoms with Gasteiger partial charge in [-0.05, 0) is 42.0 Å². The second-order valence-corrected chi connectivity index (χ2v) is 9.95. The summed E-state index contributed by atoms with van der Waals surface area (Å²) in [5, 5.41) is 9.65. The first-order valence-corrected chi connectivity index (χ1v) is 11.6. The molecule has 0 bridgehead atoms. The zero-order chi connectivity index (χ0) is 22.5. The Kier molecular flexibility index (Phi) is 7.47. The van der Waals surface area contributed by atoms with Crippen molar-refractivity contribution >= 4 is 27.5 Å². The molecule has 0 saturated heterocycles. The van der Waals surface area contributed by atoms with Crippen LogP contribution in [0.5, 0.6) is 0 Å². The van der Waals surface area contributed by atoms with Gasteiger partial charge in [-0.1, -0.05) is 46.8 Å². The number of anilines is 2. The number of sulfonamides is 1. The maximum absolute atomic E-state index is 12.8. The zero-order valence-electron chi connectivity index (χ0n) is 18.3. The van der Waals surface area contributed by atoms with E-state index in [4.69, 9.17) is 0 Å².